The number of anilines is 2. The zero-order chi connectivity index (χ0) is 13.1. The number of hydrogen-bond acceptors (Lipinski definition) is 2. The maximum absolute atomic E-state index is 13.1. The van der Waals surface area contributed by atoms with E-state index in [1.807, 2.05) is 12.1 Å². The van der Waals surface area contributed by atoms with Crippen LogP contribution in [0.4, 0.5) is 15.8 Å². The van der Waals surface area contributed by atoms with Gasteiger partial charge in [-0.1, -0.05) is 23.8 Å². The van der Waals surface area contributed by atoms with Crippen molar-refractivity contribution in [2.45, 2.75) is 0 Å². The fraction of sp³-hybridized carbons (Fsp3) is 0. The summed E-state index contributed by atoms with van der Waals surface area (Å²) in [6.45, 7) is 0. The van der Waals surface area contributed by atoms with Gasteiger partial charge in [-0.05, 0) is 42.5 Å². The van der Waals surface area contributed by atoms with Gasteiger partial charge in [-0.3, -0.25) is 0 Å². The molecule has 0 aliphatic heterocycles. The molecule has 0 aliphatic carbocycles. The number of hydrogen-bond donors (Lipinski definition) is 2. The van der Waals surface area contributed by atoms with E-state index in [0.717, 1.165) is 11.3 Å². The van der Waals surface area contributed by atoms with Crippen LogP contribution in [0.1, 0.15) is 5.56 Å². The molecule has 0 radical (unpaired) electrons. The van der Waals surface area contributed by atoms with E-state index in [2.05, 4.69) is 5.32 Å². The number of nitrogens with two attached hydrogens (primary N) is 1. The molecule has 3 N–H and O–H groups in total. The highest BCUT2D eigenvalue weighted by Crippen LogP contribution is 2.22. The van der Waals surface area contributed by atoms with Crippen LogP contribution in [-0.2, 0) is 0 Å². The second kappa shape index (κ2) is 5.33. The standard InChI is InChI=1S/C13H10ClFN2S/c14-9-5-10(15)7-12(6-9)17-11-3-1-8(2-4-11)13(16)18/h1-7,17H,(H2,16,18). The Bertz CT molecular complexity index is 564. The highest BCUT2D eigenvalue weighted by Gasteiger charge is 2.01. The molecule has 0 aromatic heterocycles. The van der Waals surface area contributed by atoms with E-state index in [1.54, 1.807) is 18.2 Å². The molecule has 0 bridgehead atoms. The summed E-state index contributed by atoms with van der Waals surface area (Å²) in [5.41, 5.74) is 7.67. The van der Waals surface area contributed by atoms with E-state index in [0.29, 0.717) is 15.7 Å². The van der Waals surface area contributed by atoms with Gasteiger partial charge in [-0.25, -0.2) is 4.39 Å². The van der Waals surface area contributed by atoms with Crippen molar-refractivity contribution >= 4 is 40.2 Å². The lowest BCUT2D eigenvalue weighted by atomic mass is 10.2. The topological polar surface area (TPSA) is 38.0 Å². The molecule has 0 spiro atoms. The van der Waals surface area contributed by atoms with Crippen LogP contribution in [0.3, 0.4) is 0 Å². The van der Waals surface area contributed by atoms with Crippen molar-refractivity contribution in [3.63, 3.8) is 0 Å². The molecule has 2 rings (SSSR count). The third-order valence-corrected chi connectivity index (χ3v) is 2.77. The molecule has 18 heavy (non-hydrogen) atoms. The van der Waals surface area contributed by atoms with Gasteiger partial charge >= 0.3 is 0 Å². The molecule has 0 aliphatic rings. The molecule has 0 heterocycles. The van der Waals surface area contributed by atoms with E-state index in [9.17, 15) is 4.39 Å². The average molecular weight is 281 g/mol. The Morgan fingerprint density at radius 2 is 1.78 bits per heavy atom. The number of thiocarbonyl (C=S) groups is 1. The number of nitrogens with one attached hydrogen (secondary N) is 1. The largest absolute Gasteiger partial charge is 0.389 e. The lowest BCUT2D eigenvalue weighted by Crippen LogP contribution is -2.08. The van der Waals surface area contributed by atoms with Crippen LogP contribution in [0.5, 0.6) is 0 Å². The van der Waals surface area contributed by atoms with Gasteiger partial charge in [0.2, 0.25) is 0 Å². The van der Waals surface area contributed by atoms with Crippen LogP contribution in [0.25, 0.3) is 0 Å². The van der Waals surface area contributed by atoms with Crippen LogP contribution in [0.15, 0.2) is 42.5 Å². The SMILES string of the molecule is NC(=S)c1ccc(Nc2cc(F)cc(Cl)c2)cc1. The lowest BCUT2D eigenvalue weighted by Gasteiger charge is -2.08. The molecule has 2 aromatic rings. The van der Waals surface area contributed by atoms with E-state index in [-0.39, 0.29) is 5.82 Å². The van der Waals surface area contributed by atoms with Crippen molar-refractivity contribution in [2.75, 3.05) is 5.32 Å². The second-order valence-electron chi connectivity index (χ2n) is 3.72. The first kappa shape index (κ1) is 12.8. The number of rotatable bonds is 3. The summed E-state index contributed by atoms with van der Waals surface area (Å²) in [5, 5.41) is 3.39. The van der Waals surface area contributed by atoms with Crippen LogP contribution >= 0.6 is 23.8 Å². The molecule has 2 aromatic carbocycles. The predicted molar refractivity (Wildman–Crippen MR) is 77.0 cm³/mol. The van der Waals surface area contributed by atoms with Crippen molar-refractivity contribution in [2.24, 2.45) is 5.73 Å². The maximum Gasteiger partial charge on any atom is 0.126 e. The van der Waals surface area contributed by atoms with E-state index in [4.69, 9.17) is 29.6 Å². The normalized spacial score (nSPS) is 10.1. The molecule has 2 nitrogen and oxygen atoms in total. The maximum atomic E-state index is 13.1. The van der Waals surface area contributed by atoms with Gasteiger partial charge in [0, 0.05) is 22.0 Å². The van der Waals surface area contributed by atoms with Crippen LogP contribution in [-0.4, -0.2) is 4.99 Å². The number of benzene rings is 2. The molecule has 0 saturated heterocycles. The van der Waals surface area contributed by atoms with Gasteiger partial charge in [0.1, 0.15) is 10.8 Å². The van der Waals surface area contributed by atoms with Crippen molar-refractivity contribution in [1.82, 2.24) is 0 Å². The lowest BCUT2D eigenvalue weighted by molar-refractivity contribution is 0.628. The van der Waals surface area contributed by atoms with Gasteiger partial charge in [0.25, 0.3) is 0 Å². The third kappa shape index (κ3) is 3.18. The van der Waals surface area contributed by atoms with Gasteiger partial charge in [-0.15, -0.1) is 0 Å². The van der Waals surface area contributed by atoms with Crippen molar-refractivity contribution < 1.29 is 4.39 Å². The Hall–Kier alpha value is -1.65. The van der Waals surface area contributed by atoms with Crippen molar-refractivity contribution in [3.8, 4) is 0 Å². The summed E-state index contributed by atoms with van der Waals surface area (Å²) in [5.74, 6) is -0.384. The Morgan fingerprint density at radius 3 is 2.33 bits per heavy atom. The molecular weight excluding hydrogens is 271 g/mol. The highest BCUT2D eigenvalue weighted by molar-refractivity contribution is 7.80. The van der Waals surface area contributed by atoms with Crippen LogP contribution in [0.2, 0.25) is 5.02 Å². The monoisotopic (exact) mass is 280 g/mol. The zero-order valence-corrected chi connectivity index (χ0v) is 10.9. The predicted octanol–water partition coefficient (Wildman–Crippen LogP) is 3.86. The minimum Gasteiger partial charge on any atom is -0.389 e. The zero-order valence-electron chi connectivity index (χ0n) is 9.28. The van der Waals surface area contributed by atoms with Crippen LogP contribution in [0, 0.1) is 5.82 Å². The molecule has 92 valence electrons. The van der Waals surface area contributed by atoms with E-state index in [1.165, 1.54) is 12.1 Å². The smallest absolute Gasteiger partial charge is 0.126 e. The van der Waals surface area contributed by atoms with Gasteiger partial charge in [0.05, 0.1) is 0 Å². The molecule has 0 unspecified atom stereocenters. The second-order valence-corrected chi connectivity index (χ2v) is 4.60. The Morgan fingerprint density at radius 1 is 1.11 bits per heavy atom. The Balaban J connectivity index is 2.20. The van der Waals surface area contributed by atoms with Gasteiger partial charge < -0.3 is 11.1 Å². The Labute approximate surface area is 115 Å². The van der Waals surface area contributed by atoms with Gasteiger partial charge in [-0.2, -0.15) is 0 Å². The first-order chi connectivity index (χ1) is 8.54. The summed E-state index contributed by atoms with van der Waals surface area (Å²) in [4.78, 5) is 0.343. The molecule has 0 atom stereocenters. The number of halogens is 2. The summed E-state index contributed by atoms with van der Waals surface area (Å²) in [6, 6.07) is 11.5. The molecular formula is C13H10ClFN2S. The first-order valence-electron chi connectivity index (χ1n) is 5.17. The third-order valence-electron chi connectivity index (χ3n) is 2.32. The molecule has 0 fully saturated rings. The van der Waals surface area contributed by atoms with E-state index < -0.39 is 0 Å². The van der Waals surface area contributed by atoms with Gasteiger partial charge in [0.15, 0.2) is 0 Å². The van der Waals surface area contributed by atoms with Crippen molar-refractivity contribution in [3.05, 3.63) is 58.9 Å². The molecule has 0 saturated carbocycles. The molecule has 0 amide bonds. The summed E-state index contributed by atoms with van der Waals surface area (Å²) >= 11 is 10.6. The Kier molecular flexibility index (Phi) is 3.79. The van der Waals surface area contributed by atoms with Crippen molar-refractivity contribution in [1.29, 1.82) is 0 Å². The van der Waals surface area contributed by atoms with E-state index >= 15 is 0 Å². The fourth-order valence-electron chi connectivity index (χ4n) is 1.51. The molecule has 5 heteroatoms. The summed E-state index contributed by atoms with van der Waals surface area (Å²) in [6.07, 6.45) is 0. The highest BCUT2D eigenvalue weighted by atomic mass is 35.5. The summed E-state index contributed by atoms with van der Waals surface area (Å²) in [7, 11) is 0. The minimum atomic E-state index is -0.384. The first-order valence-corrected chi connectivity index (χ1v) is 5.96. The summed E-state index contributed by atoms with van der Waals surface area (Å²) < 4.78 is 13.1. The fourth-order valence-corrected chi connectivity index (χ4v) is 1.87. The minimum absolute atomic E-state index is 0.343. The quantitative estimate of drug-likeness (QED) is 0.839. The van der Waals surface area contributed by atoms with Crippen LogP contribution < -0.4 is 11.1 Å². The average Bonchev–Trinajstić information content (AvgIpc) is 2.28.